The Balaban J connectivity index is 1.98. The zero-order valence-electron chi connectivity index (χ0n) is 17.1. The molecule has 2 atom stereocenters. The smallest absolute Gasteiger partial charge is 0.339 e. The average Bonchev–Trinajstić information content (AvgIpc) is 2.76. The lowest BCUT2D eigenvalue weighted by Crippen LogP contribution is -2.37. The summed E-state index contributed by atoms with van der Waals surface area (Å²) in [7, 11) is 0. The molecule has 0 saturated heterocycles. The molecule has 6 nitrogen and oxygen atoms in total. The molecule has 0 aromatic heterocycles. The van der Waals surface area contributed by atoms with Gasteiger partial charge in [0.1, 0.15) is 5.92 Å². The zero-order chi connectivity index (χ0) is 21.3. The van der Waals surface area contributed by atoms with Crippen molar-refractivity contribution >= 4 is 23.3 Å². The van der Waals surface area contributed by atoms with Gasteiger partial charge in [0.2, 0.25) is 0 Å². The third kappa shape index (κ3) is 5.29. The topological polar surface area (TPSA) is 76.7 Å². The Bertz CT molecular complexity index is 923. The van der Waals surface area contributed by atoms with Gasteiger partial charge in [0.05, 0.1) is 24.8 Å². The van der Waals surface area contributed by atoms with Gasteiger partial charge in [-0.25, -0.2) is 4.79 Å². The first-order valence-electron chi connectivity index (χ1n) is 10.0. The summed E-state index contributed by atoms with van der Waals surface area (Å²) < 4.78 is 10.6. The lowest BCUT2D eigenvalue weighted by atomic mass is 9.89. The van der Waals surface area contributed by atoms with Gasteiger partial charge in [0.25, 0.3) is 0 Å². The summed E-state index contributed by atoms with van der Waals surface area (Å²) >= 11 is 0. The van der Waals surface area contributed by atoms with Gasteiger partial charge in [-0.3, -0.25) is 4.79 Å². The van der Waals surface area contributed by atoms with E-state index >= 15 is 0 Å². The molecule has 0 spiro atoms. The summed E-state index contributed by atoms with van der Waals surface area (Å²) in [5.41, 5.74) is 2.53. The Kier molecular flexibility index (Phi) is 7.27. The normalized spacial score (nSPS) is 17.9. The van der Waals surface area contributed by atoms with E-state index in [1.54, 1.807) is 26.0 Å². The SMILES string of the molecule is CCOC(=O)C1=CC(Nc2ccccc2)C(C(=O)OCC)C=C1Nc1ccccc1. The monoisotopic (exact) mass is 406 g/mol. The minimum atomic E-state index is -0.616. The maximum Gasteiger partial charge on any atom is 0.339 e. The molecule has 2 aromatic rings. The van der Waals surface area contributed by atoms with Crippen LogP contribution in [0.4, 0.5) is 11.4 Å². The second-order valence-electron chi connectivity index (χ2n) is 6.69. The van der Waals surface area contributed by atoms with E-state index in [1.807, 2.05) is 60.7 Å². The van der Waals surface area contributed by atoms with Crippen LogP contribution in [-0.4, -0.2) is 31.2 Å². The highest BCUT2D eigenvalue weighted by Gasteiger charge is 2.34. The maximum atomic E-state index is 12.7. The van der Waals surface area contributed by atoms with Gasteiger partial charge >= 0.3 is 11.9 Å². The van der Waals surface area contributed by atoms with Crippen molar-refractivity contribution in [3.8, 4) is 0 Å². The molecule has 0 heterocycles. The molecular weight excluding hydrogens is 380 g/mol. The molecule has 3 rings (SSSR count). The van der Waals surface area contributed by atoms with E-state index in [0.717, 1.165) is 11.4 Å². The average molecular weight is 406 g/mol. The number of carbonyl (C=O) groups excluding carboxylic acids is 2. The molecule has 30 heavy (non-hydrogen) atoms. The van der Waals surface area contributed by atoms with Gasteiger partial charge in [0, 0.05) is 17.1 Å². The Morgan fingerprint density at radius 1 is 0.833 bits per heavy atom. The molecule has 1 aliphatic carbocycles. The van der Waals surface area contributed by atoms with E-state index in [-0.39, 0.29) is 19.2 Å². The minimum Gasteiger partial charge on any atom is -0.465 e. The quantitative estimate of drug-likeness (QED) is 0.642. The van der Waals surface area contributed by atoms with Crippen molar-refractivity contribution in [1.82, 2.24) is 0 Å². The number of hydrogen-bond acceptors (Lipinski definition) is 6. The van der Waals surface area contributed by atoms with Crippen LogP contribution in [0.15, 0.2) is 84.1 Å². The summed E-state index contributed by atoms with van der Waals surface area (Å²) in [6, 6.07) is 18.5. The zero-order valence-corrected chi connectivity index (χ0v) is 17.1. The number of hydrogen-bond donors (Lipinski definition) is 2. The molecule has 6 heteroatoms. The van der Waals surface area contributed by atoms with Gasteiger partial charge in [-0.2, -0.15) is 0 Å². The van der Waals surface area contributed by atoms with E-state index in [4.69, 9.17) is 9.47 Å². The van der Waals surface area contributed by atoms with Crippen molar-refractivity contribution in [1.29, 1.82) is 0 Å². The van der Waals surface area contributed by atoms with Crippen LogP contribution >= 0.6 is 0 Å². The van der Waals surface area contributed by atoms with Crippen molar-refractivity contribution in [2.75, 3.05) is 23.8 Å². The van der Waals surface area contributed by atoms with Gasteiger partial charge in [-0.15, -0.1) is 0 Å². The molecule has 0 amide bonds. The molecular formula is C24H26N2O4. The molecule has 2 aromatic carbocycles. The van der Waals surface area contributed by atoms with Crippen LogP contribution in [0.2, 0.25) is 0 Å². The lowest BCUT2D eigenvalue weighted by molar-refractivity contribution is -0.146. The van der Waals surface area contributed by atoms with Crippen LogP contribution < -0.4 is 10.6 Å². The Morgan fingerprint density at radius 3 is 2.03 bits per heavy atom. The number of carbonyl (C=O) groups is 2. The third-order valence-electron chi connectivity index (χ3n) is 4.58. The highest BCUT2D eigenvalue weighted by molar-refractivity contribution is 5.96. The molecule has 0 saturated carbocycles. The molecule has 156 valence electrons. The summed E-state index contributed by atoms with van der Waals surface area (Å²) in [4.78, 5) is 25.4. The van der Waals surface area contributed by atoms with Crippen molar-refractivity contribution < 1.29 is 19.1 Å². The van der Waals surface area contributed by atoms with E-state index in [9.17, 15) is 9.59 Å². The first kappa shape index (κ1) is 21.2. The van der Waals surface area contributed by atoms with Crippen LogP contribution in [0.25, 0.3) is 0 Å². The number of ether oxygens (including phenoxy) is 2. The predicted octanol–water partition coefficient (Wildman–Crippen LogP) is 4.15. The van der Waals surface area contributed by atoms with Gasteiger partial charge < -0.3 is 20.1 Å². The molecule has 2 unspecified atom stereocenters. The fourth-order valence-corrected chi connectivity index (χ4v) is 3.23. The van der Waals surface area contributed by atoms with Crippen molar-refractivity contribution in [2.45, 2.75) is 19.9 Å². The Hall–Kier alpha value is -3.54. The van der Waals surface area contributed by atoms with Crippen molar-refractivity contribution in [3.63, 3.8) is 0 Å². The second-order valence-corrected chi connectivity index (χ2v) is 6.69. The Morgan fingerprint density at radius 2 is 1.43 bits per heavy atom. The largest absolute Gasteiger partial charge is 0.465 e. The van der Waals surface area contributed by atoms with Crippen LogP contribution in [0, 0.1) is 5.92 Å². The highest BCUT2D eigenvalue weighted by atomic mass is 16.5. The van der Waals surface area contributed by atoms with Crippen molar-refractivity contribution in [2.24, 2.45) is 5.92 Å². The number of benzene rings is 2. The highest BCUT2D eigenvalue weighted by Crippen LogP contribution is 2.29. The predicted molar refractivity (Wildman–Crippen MR) is 117 cm³/mol. The summed E-state index contributed by atoms with van der Waals surface area (Å²) in [5.74, 6) is -1.43. The van der Waals surface area contributed by atoms with Crippen molar-refractivity contribution in [3.05, 3.63) is 84.1 Å². The van der Waals surface area contributed by atoms with Crippen LogP contribution in [-0.2, 0) is 19.1 Å². The van der Waals surface area contributed by atoms with E-state index in [0.29, 0.717) is 11.3 Å². The molecule has 1 aliphatic rings. The first-order valence-corrected chi connectivity index (χ1v) is 10.0. The van der Waals surface area contributed by atoms with Gasteiger partial charge in [0.15, 0.2) is 0 Å². The molecule has 0 fully saturated rings. The third-order valence-corrected chi connectivity index (χ3v) is 4.58. The van der Waals surface area contributed by atoms with Crippen LogP contribution in [0.1, 0.15) is 13.8 Å². The molecule has 0 aliphatic heterocycles. The van der Waals surface area contributed by atoms with Crippen LogP contribution in [0.5, 0.6) is 0 Å². The lowest BCUT2D eigenvalue weighted by Gasteiger charge is -2.29. The summed E-state index contributed by atoms with van der Waals surface area (Å²) in [6.45, 7) is 4.06. The van der Waals surface area contributed by atoms with Gasteiger partial charge in [-0.05, 0) is 50.3 Å². The minimum absolute atomic E-state index is 0.257. The first-order chi connectivity index (χ1) is 14.6. The molecule has 2 N–H and O–H groups in total. The number of anilines is 2. The number of para-hydroxylation sites is 2. The van der Waals surface area contributed by atoms with Crippen LogP contribution in [0.3, 0.4) is 0 Å². The number of nitrogens with one attached hydrogen (secondary N) is 2. The van der Waals surface area contributed by atoms with E-state index in [1.165, 1.54) is 0 Å². The fourth-order valence-electron chi connectivity index (χ4n) is 3.23. The number of esters is 2. The molecule has 0 radical (unpaired) electrons. The summed E-state index contributed by atoms with van der Waals surface area (Å²) in [6.07, 6.45) is 3.47. The molecule has 0 bridgehead atoms. The van der Waals surface area contributed by atoms with Gasteiger partial charge in [-0.1, -0.05) is 36.4 Å². The summed E-state index contributed by atoms with van der Waals surface area (Å²) in [5, 5.41) is 6.56. The van der Waals surface area contributed by atoms with E-state index in [2.05, 4.69) is 10.6 Å². The fraction of sp³-hybridized carbons (Fsp3) is 0.250. The maximum absolute atomic E-state index is 12.7. The second kappa shape index (κ2) is 10.3. The Labute approximate surface area is 176 Å². The standard InChI is InChI=1S/C24H26N2O4/c1-3-29-23(27)19-15-22(26-18-13-9-6-10-14-18)20(24(28)30-4-2)16-21(19)25-17-11-7-5-8-12-17/h5-16,19,21,25-26H,3-4H2,1-2H3. The number of rotatable bonds is 8. The van der Waals surface area contributed by atoms with E-state index < -0.39 is 17.9 Å².